The summed E-state index contributed by atoms with van der Waals surface area (Å²) in [4.78, 5) is 12.3. The van der Waals surface area contributed by atoms with E-state index in [0.29, 0.717) is 5.92 Å². The van der Waals surface area contributed by atoms with Gasteiger partial charge in [0.2, 0.25) is 5.91 Å². The molecular formula is C14H19NO. The molecular weight excluding hydrogens is 198 g/mol. The average Bonchev–Trinajstić information content (AvgIpc) is 2.53. The molecule has 0 saturated carbocycles. The molecule has 1 atom stereocenters. The van der Waals surface area contributed by atoms with Gasteiger partial charge in [0.15, 0.2) is 0 Å². The summed E-state index contributed by atoms with van der Waals surface area (Å²) in [6.45, 7) is 6.41. The summed E-state index contributed by atoms with van der Waals surface area (Å²) >= 11 is 0. The van der Waals surface area contributed by atoms with Gasteiger partial charge in [0.05, 0.1) is 5.41 Å². The molecule has 2 heteroatoms. The lowest BCUT2D eigenvalue weighted by Crippen LogP contribution is -2.39. The summed E-state index contributed by atoms with van der Waals surface area (Å²) < 4.78 is 0. The molecule has 0 fully saturated rings. The lowest BCUT2D eigenvalue weighted by atomic mass is 9.69. The highest BCUT2D eigenvalue weighted by Crippen LogP contribution is 2.45. The third-order valence-corrected chi connectivity index (χ3v) is 3.69. The first-order valence-corrected chi connectivity index (χ1v) is 6.04. The highest BCUT2D eigenvalue weighted by atomic mass is 16.2. The zero-order chi connectivity index (χ0) is 11.8. The quantitative estimate of drug-likeness (QED) is 0.826. The first kappa shape index (κ1) is 11.2. The molecule has 0 spiro atoms. The molecule has 0 radical (unpaired) electrons. The lowest BCUT2D eigenvalue weighted by Gasteiger charge is -2.31. The second-order valence-electron chi connectivity index (χ2n) is 4.88. The molecule has 1 N–H and O–H groups in total. The second-order valence-corrected chi connectivity index (χ2v) is 4.88. The number of benzene rings is 1. The van der Waals surface area contributed by atoms with E-state index >= 15 is 0 Å². The van der Waals surface area contributed by atoms with Crippen LogP contribution in [0.25, 0.3) is 0 Å². The Bertz CT molecular complexity index is 411. The summed E-state index contributed by atoms with van der Waals surface area (Å²) in [5.74, 6) is 0.502. The van der Waals surface area contributed by atoms with Crippen LogP contribution in [0.15, 0.2) is 24.3 Å². The molecule has 1 amide bonds. The van der Waals surface area contributed by atoms with Gasteiger partial charge in [0.1, 0.15) is 0 Å². The van der Waals surface area contributed by atoms with Crippen LogP contribution in [-0.2, 0) is 10.2 Å². The van der Waals surface area contributed by atoms with Crippen molar-refractivity contribution in [1.29, 1.82) is 0 Å². The number of amides is 1. The molecule has 2 rings (SSSR count). The minimum Gasteiger partial charge on any atom is -0.325 e. The van der Waals surface area contributed by atoms with Crippen molar-refractivity contribution in [3.05, 3.63) is 29.8 Å². The maximum atomic E-state index is 12.3. The minimum absolute atomic E-state index is 0.172. The fourth-order valence-electron chi connectivity index (χ4n) is 2.84. The first-order valence-electron chi connectivity index (χ1n) is 6.04. The van der Waals surface area contributed by atoms with Gasteiger partial charge in [-0.1, -0.05) is 45.4 Å². The second kappa shape index (κ2) is 3.93. The Morgan fingerprint density at radius 2 is 2.00 bits per heavy atom. The molecule has 1 heterocycles. The topological polar surface area (TPSA) is 29.1 Å². The maximum Gasteiger partial charge on any atom is 0.235 e. The van der Waals surface area contributed by atoms with Crippen molar-refractivity contribution in [2.75, 3.05) is 5.32 Å². The Morgan fingerprint density at radius 1 is 1.31 bits per heavy atom. The zero-order valence-corrected chi connectivity index (χ0v) is 10.2. The Labute approximate surface area is 97.1 Å². The predicted molar refractivity (Wildman–Crippen MR) is 66.5 cm³/mol. The van der Waals surface area contributed by atoms with Crippen molar-refractivity contribution < 1.29 is 4.79 Å². The Hall–Kier alpha value is -1.31. The van der Waals surface area contributed by atoms with Gasteiger partial charge in [-0.3, -0.25) is 4.79 Å². The van der Waals surface area contributed by atoms with Gasteiger partial charge < -0.3 is 5.32 Å². The third kappa shape index (κ3) is 1.36. The molecule has 1 aromatic rings. The van der Waals surface area contributed by atoms with E-state index in [2.05, 4.69) is 32.2 Å². The van der Waals surface area contributed by atoms with E-state index in [4.69, 9.17) is 0 Å². The number of rotatable bonds is 3. The number of anilines is 1. The van der Waals surface area contributed by atoms with Gasteiger partial charge in [-0.25, -0.2) is 0 Å². The van der Waals surface area contributed by atoms with Crippen LogP contribution in [0.3, 0.4) is 0 Å². The van der Waals surface area contributed by atoms with Gasteiger partial charge in [0.25, 0.3) is 0 Å². The number of hydrogen-bond donors (Lipinski definition) is 1. The summed E-state index contributed by atoms with van der Waals surface area (Å²) in [6.07, 6.45) is 1.95. The molecule has 0 saturated heterocycles. The van der Waals surface area contributed by atoms with E-state index in [0.717, 1.165) is 18.5 Å². The Morgan fingerprint density at radius 3 is 2.62 bits per heavy atom. The predicted octanol–water partition coefficient (Wildman–Crippen LogP) is 3.33. The number of para-hydroxylation sites is 1. The van der Waals surface area contributed by atoms with Crippen LogP contribution in [0.5, 0.6) is 0 Å². The van der Waals surface area contributed by atoms with Gasteiger partial charge >= 0.3 is 0 Å². The van der Waals surface area contributed by atoms with Gasteiger partial charge in [-0.05, 0) is 24.0 Å². The van der Waals surface area contributed by atoms with Crippen LogP contribution in [0.1, 0.15) is 39.2 Å². The van der Waals surface area contributed by atoms with Gasteiger partial charge in [-0.15, -0.1) is 0 Å². The highest BCUT2D eigenvalue weighted by molar-refractivity contribution is 6.06. The van der Waals surface area contributed by atoms with Crippen LogP contribution in [0.4, 0.5) is 5.69 Å². The van der Waals surface area contributed by atoms with E-state index in [9.17, 15) is 4.79 Å². The summed E-state index contributed by atoms with van der Waals surface area (Å²) in [5.41, 5.74) is 1.86. The fraction of sp³-hybridized carbons (Fsp3) is 0.500. The van der Waals surface area contributed by atoms with Gasteiger partial charge in [0, 0.05) is 5.69 Å². The first-order chi connectivity index (χ1) is 7.63. The number of carbonyl (C=O) groups excluding carboxylic acids is 1. The van der Waals surface area contributed by atoms with Crippen LogP contribution < -0.4 is 5.32 Å². The minimum atomic E-state index is -0.314. The van der Waals surface area contributed by atoms with E-state index in [1.54, 1.807) is 0 Å². The molecule has 2 nitrogen and oxygen atoms in total. The number of carbonyl (C=O) groups is 1. The monoisotopic (exact) mass is 217 g/mol. The maximum absolute atomic E-state index is 12.3. The molecule has 1 aromatic carbocycles. The summed E-state index contributed by atoms with van der Waals surface area (Å²) in [5, 5.41) is 3.02. The Kier molecular flexibility index (Phi) is 2.75. The third-order valence-electron chi connectivity index (χ3n) is 3.69. The van der Waals surface area contributed by atoms with Crippen LogP contribution in [0, 0.1) is 5.92 Å². The van der Waals surface area contributed by atoms with Crippen molar-refractivity contribution in [1.82, 2.24) is 0 Å². The van der Waals surface area contributed by atoms with Crippen molar-refractivity contribution in [3.63, 3.8) is 0 Å². The lowest BCUT2D eigenvalue weighted by molar-refractivity contribution is -0.122. The molecule has 86 valence electrons. The van der Waals surface area contributed by atoms with Crippen molar-refractivity contribution >= 4 is 11.6 Å². The highest BCUT2D eigenvalue weighted by Gasteiger charge is 2.47. The van der Waals surface area contributed by atoms with E-state index in [1.165, 1.54) is 5.56 Å². The van der Waals surface area contributed by atoms with Crippen LogP contribution in [-0.4, -0.2) is 5.91 Å². The SMILES string of the molecule is CCCC1(C(C)C)C(=O)Nc2ccccc21. The Balaban J connectivity index is 2.57. The van der Waals surface area contributed by atoms with Crippen molar-refractivity contribution in [2.24, 2.45) is 5.92 Å². The average molecular weight is 217 g/mol. The molecule has 16 heavy (non-hydrogen) atoms. The molecule has 1 aliphatic rings. The van der Waals surface area contributed by atoms with Crippen LogP contribution in [0.2, 0.25) is 0 Å². The van der Waals surface area contributed by atoms with E-state index < -0.39 is 0 Å². The molecule has 1 unspecified atom stereocenters. The molecule has 0 bridgehead atoms. The van der Waals surface area contributed by atoms with E-state index in [1.807, 2.05) is 18.2 Å². The molecule has 1 aliphatic heterocycles. The molecule has 0 aromatic heterocycles. The summed E-state index contributed by atoms with van der Waals surface area (Å²) in [7, 11) is 0. The van der Waals surface area contributed by atoms with Gasteiger partial charge in [-0.2, -0.15) is 0 Å². The number of nitrogens with one attached hydrogen (secondary N) is 1. The summed E-state index contributed by atoms with van der Waals surface area (Å²) in [6, 6.07) is 8.07. The van der Waals surface area contributed by atoms with E-state index in [-0.39, 0.29) is 11.3 Å². The normalized spacial score (nSPS) is 23.4. The zero-order valence-electron chi connectivity index (χ0n) is 10.2. The largest absolute Gasteiger partial charge is 0.325 e. The smallest absolute Gasteiger partial charge is 0.235 e. The van der Waals surface area contributed by atoms with Crippen molar-refractivity contribution in [3.8, 4) is 0 Å². The molecule has 0 aliphatic carbocycles. The number of fused-ring (bicyclic) bond motifs is 1. The number of hydrogen-bond acceptors (Lipinski definition) is 1. The van der Waals surface area contributed by atoms with Crippen molar-refractivity contribution in [2.45, 2.75) is 39.0 Å². The fourth-order valence-corrected chi connectivity index (χ4v) is 2.84. The van der Waals surface area contributed by atoms with Crippen LogP contribution >= 0.6 is 0 Å². The standard InChI is InChI=1S/C14H19NO/c1-4-9-14(10(2)3)11-7-5-6-8-12(11)15-13(14)16/h5-8,10H,4,9H2,1-3H3,(H,15,16).